The van der Waals surface area contributed by atoms with E-state index in [0.29, 0.717) is 17.4 Å². The third kappa shape index (κ3) is 7.89. The SMILES string of the molecule is C=C(Cl)CCC(C)CC(=N)Cl. The molecule has 0 aliphatic rings. The standard InChI is InChI=1S/C8H13Cl2N/c1-6(5-8(10)11)3-4-7(2)9/h6,11H,2-5H2,1H3. The maximum Gasteiger partial charge on any atom is 0.0971 e. The fourth-order valence-electron chi connectivity index (χ4n) is 0.811. The van der Waals surface area contributed by atoms with Crippen molar-refractivity contribution in [2.75, 3.05) is 0 Å². The maximum atomic E-state index is 7.02. The van der Waals surface area contributed by atoms with Crippen LogP contribution in [0.3, 0.4) is 0 Å². The minimum absolute atomic E-state index is 0.220. The van der Waals surface area contributed by atoms with Crippen LogP contribution in [0, 0.1) is 11.3 Å². The highest BCUT2D eigenvalue weighted by molar-refractivity contribution is 6.64. The lowest BCUT2D eigenvalue weighted by atomic mass is 10.0. The van der Waals surface area contributed by atoms with Crippen LogP contribution in [-0.4, -0.2) is 5.17 Å². The van der Waals surface area contributed by atoms with Gasteiger partial charge in [0, 0.05) is 11.5 Å². The van der Waals surface area contributed by atoms with Crippen LogP contribution in [0.25, 0.3) is 0 Å². The number of rotatable bonds is 5. The third-order valence-corrected chi connectivity index (χ3v) is 1.78. The minimum atomic E-state index is 0.220. The molecule has 0 fully saturated rings. The van der Waals surface area contributed by atoms with E-state index >= 15 is 0 Å². The highest BCUT2D eigenvalue weighted by atomic mass is 35.5. The van der Waals surface area contributed by atoms with E-state index in [0.717, 1.165) is 12.8 Å². The third-order valence-electron chi connectivity index (χ3n) is 1.44. The first-order chi connectivity index (χ1) is 5.02. The van der Waals surface area contributed by atoms with Gasteiger partial charge in [-0.05, 0) is 18.8 Å². The summed E-state index contributed by atoms with van der Waals surface area (Å²) < 4.78 is 0. The summed E-state index contributed by atoms with van der Waals surface area (Å²) in [5.74, 6) is 0.426. The van der Waals surface area contributed by atoms with Gasteiger partial charge in [0.05, 0.1) is 5.17 Å². The predicted octanol–water partition coefficient (Wildman–Crippen LogP) is 3.76. The van der Waals surface area contributed by atoms with Crippen LogP contribution in [0.2, 0.25) is 0 Å². The molecule has 0 heterocycles. The van der Waals surface area contributed by atoms with E-state index in [1.54, 1.807) is 0 Å². The van der Waals surface area contributed by atoms with Crippen molar-refractivity contribution in [2.24, 2.45) is 5.92 Å². The van der Waals surface area contributed by atoms with Gasteiger partial charge in [-0.3, -0.25) is 5.41 Å². The molecule has 11 heavy (non-hydrogen) atoms. The van der Waals surface area contributed by atoms with Gasteiger partial charge in [-0.15, -0.1) is 0 Å². The average molecular weight is 194 g/mol. The molecule has 0 aromatic carbocycles. The van der Waals surface area contributed by atoms with Crippen LogP contribution in [-0.2, 0) is 0 Å². The number of nitrogens with one attached hydrogen (secondary N) is 1. The lowest BCUT2D eigenvalue weighted by Gasteiger charge is -2.07. The first-order valence-electron chi connectivity index (χ1n) is 3.58. The van der Waals surface area contributed by atoms with Crippen LogP contribution in [0.15, 0.2) is 11.6 Å². The Morgan fingerprint density at radius 1 is 1.55 bits per heavy atom. The Kier molecular flexibility index (Phi) is 5.61. The smallest absolute Gasteiger partial charge is 0.0971 e. The van der Waals surface area contributed by atoms with E-state index in [2.05, 4.69) is 13.5 Å². The summed E-state index contributed by atoms with van der Waals surface area (Å²) in [6, 6.07) is 0. The molecule has 0 saturated heterocycles. The van der Waals surface area contributed by atoms with Gasteiger partial charge in [-0.25, -0.2) is 0 Å². The molecular formula is C8H13Cl2N. The number of allylic oxidation sites excluding steroid dienone is 1. The largest absolute Gasteiger partial charge is 0.293 e. The summed E-state index contributed by atoms with van der Waals surface area (Å²) in [5.41, 5.74) is 0. The summed E-state index contributed by atoms with van der Waals surface area (Å²) in [6.07, 6.45) is 2.41. The molecule has 1 unspecified atom stereocenters. The monoisotopic (exact) mass is 193 g/mol. The molecule has 0 aromatic rings. The first kappa shape index (κ1) is 11.0. The van der Waals surface area contributed by atoms with Crippen molar-refractivity contribution < 1.29 is 0 Å². The Labute approximate surface area is 77.9 Å². The zero-order chi connectivity index (χ0) is 8.85. The van der Waals surface area contributed by atoms with E-state index in [9.17, 15) is 0 Å². The van der Waals surface area contributed by atoms with Gasteiger partial charge in [-0.2, -0.15) is 0 Å². The van der Waals surface area contributed by atoms with Crippen LogP contribution in [0.5, 0.6) is 0 Å². The topological polar surface area (TPSA) is 23.9 Å². The zero-order valence-electron chi connectivity index (χ0n) is 6.66. The molecule has 0 aliphatic heterocycles. The molecule has 0 aliphatic carbocycles. The van der Waals surface area contributed by atoms with Crippen molar-refractivity contribution >= 4 is 28.4 Å². The average Bonchev–Trinajstić information content (AvgIpc) is 1.82. The molecule has 0 rings (SSSR count). The van der Waals surface area contributed by atoms with Crippen molar-refractivity contribution in [2.45, 2.75) is 26.2 Å². The molecule has 0 amide bonds. The zero-order valence-corrected chi connectivity index (χ0v) is 8.17. The van der Waals surface area contributed by atoms with Gasteiger partial charge in [0.15, 0.2) is 0 Å². The van der Waals surface area contributed by atoms with Gasteiger partial charge < -0.3 is 0 Å². The molecule has 0 spiro atoms. The number of hydrogen-bond acceptors (Lipinski definition) is 1. The summed E-state index contributed by atoms with van der Waals surface area (Å²) in [7, 11) is 0. The molecule has 3 heteroatoms. The lowest BCUT2D eigenvalue weighted by molar-refractivity contribution is 0.559. The molecular weight excluding hydrogens is 181 g/mol. The van der Waals surface area contributed by atoms with E-state index in [1.165, 1.54) is 0 Å². The van der Waals surface area contributed by atoms with E-state index in [4.69, 9.17) is 28.6 Å². The Balaban J connectivity index is 3.44. The van der Waals surface area contributed by atoms with E-state index in [-0.39, 0.29) is 5.17 Å². The number of hydrogen-bond donors (Lipinski definition) is 1. The molecule has 0 saturated carbocycles. The van der Waals surface area contributed by atoms with Crippen LogP contribution < -0.4 is 0 Å². The number of halogens is 2. The van der Waals surface area contributed by atoms with E-state index < -0.39 is 0 Å². The summed E-state index contributed by atoms with van der Waals surface area (Å²) in [5, 5.41) is 7.92. The molecule has 1 nitrogen and oxygen atoms in total. The molecule has 64 valence electrons. The van der Waals surface area contributed by atoms with Gasteiger partial charge in [0.2, 0.25) is 0 Å². The Hall–Kier alpha value is -0.0100. The summed E-state index contributed by atoms with van der Waals surface area (Å²) in [4.78, 5) is 0. The fourth-order valence-corrected chi connectivity index (χ4v) is 1.18. The molecule has 0 radical (unpaired) electrons. The Morgan fingerprint density at radius 2 is 2.09 bits per heavy atom. The second-order valence-corrected chi connectivity index (χ2v) is 3.76. The Morgan fingerprint density at radius 3 is 2.45 bits per heavy atom. The van der Waals surface area contributed by atoms with Crippen LogP contribution in [0.1, 0.15) is 26.2 Å². The second kappa shape index (κ2) is 5.62. The van der Waals surface area contributed by atoms with Crippen LogP contribution >= 0.6 is 23.2 Å². The van der Waals surface area contributed by atoms with Crippen LogP contribution in [0.4, 0.5) is 0 Å². The minimum Gasteiger partial charge on any atom is -0.293 e. The van der Waals surface area contributed by atoms with Crippen molar-refractivity contribution in [3.63, 3.8) is 0 Å². The quantitative estimate of drug-likeness (QED) is 0.644. The maximum absolute atomic E-state index is 7.02. The Bertz CT molecular complexity index is 154. The molecule has 1 atom stereocenters. The first-order valence-corrected chi connectivity index (χ1v) is 4.34. The highest BCUT2D eigenvalue weighted by Crippen LogP contribution is 2.16. The fraction of sp³-hybridized carbons (Fsp3) is 0.625. The second-order valence-electron chi connectivity index (χ2n) is 2.77. The van der Waals surface area contributed by atoms with Gasteiger partial charge in [-0.1, -0.05) is 36.7 Å². The highest BCUT2D eigenvalue weighted by Gasteiger charge is 2.04. The van der Waals surface area contributed by atoms with E-state index in [1.807, 2.05) is 0 Å². The molecule has 0 bridgehead atoms. The van der Waals surface area contributed by atoms with Crippen molar-refractivity contribution in [3.8, 4) is 0 Å². The van der Waals surface area contributed by atoms with Gasteiger partial charge in [0.1, 0.15) is 0 Å². The lowest BCUT2D eigenvalue weighted by Crippen LogP contribution is -1.98. The summed E-state index contributed by atoms with van der Waals surface area (Å²) >= 11 is 11.0. The van der Waals surface area contributed by atoms with Crippen molar-refractivity contribution in [1.29, 1.82) is 5.41 Å². The van der Waals surface area contributed by atoms with Crippen molar-refractivity contribution in [3.05, 3.63) is 11.6 Å². The van der Waals surface area contributed by atoms with Gasteiger partial charge >= 0.3 is 0 Å². The predicted molar refractivity (Wildman–Crippen MR) is 51.6 cm³/mol. The van der Waals surface area contributed by atoms with Gasteiger partial charge in [0.25, 0.3) is 0 Å². The summed E-state index contributed by atoms with van der Waals surface area (Å²) in [6.45, 7) is 5.64. The molecule has 1 N–H and O–H groups in total. The molecule has 0 aromatic heterocycles. The van der Waals surface area contributed by atoms with Crippen molar-refractivity contribution in [1.82, 2.24) is 0 Å². The normalized spacial score (nSPS) is 12.6.